The van der Waals surface area contributed by atoms with Crippen molar-refractivity contribution in [1.82, 2.24) is 0 Å². The molecule has 6 heteroatoms. The molecule has 1 aromatic carbocycles. The minimum atomic E-state index is -3.62. The zero-order chi connectivity index (χ0) is 21.0. The van der Waals surface area contributed by atoms with Gasteiger partial charge in [-0.2, -0.15) is 0 Å². The van der Waals surface area contributed by atoms with Crippen molar-refractivity contribution in [3.05, 3.63) is 42.0 Å². The summed E-state index contributed by atoms with van der Waals surface area (Å²) in [5, 5.41) is 5.16. The summed E-state index contributed by atoms with van der Waals surface area (Å²) in [7, 11) is -3.62. The average molecular weight is 410 g/mol. The molecule has 0 saturated heterocycles. The van der Waals surface area contributed by atoms with Crippen LogP contribution in [0.2, 0.25) is 0 Å². The van der Waals surface area contributed by atoms with Gasteiger partial charge in [0.15, 0.2) is 0 Å². The number of rotatable bonds is 12. The van der Waals surface area contributed by atoms with Gasteiger partial charge in [-0.15, -0.1) is 0 Å². The Balaban J connectivity index is 2.05. The zero-order valence-corrected chi connectivity index (χ0v) is 18.3. The molecule has 0 aliphatic rings. The minimum absolute atomic E-state index is 0.186. The molecule has 0 aliphatic carbocycles. The van der Waals surface area contributed by atoms with Crippen LogP contribution in [0.15, 0.2) is 41.3 Å². The smallest absolute Gasteiger partial charge is 0.330 e. The Bertz CT molecular complexity index is 733. The largest absolute Gasteiger partial charge is 0.457 e. The van der Waals surface area contributed by atoms with E-state index in [4.69, 9.17) is 9.88 Å². The van der Waals surface area contributed by atoms with E-state index in [1.165, 1.54) is 31.4 Å². The van der Waals surface area contributed by atoms with E-state index in [0.29, 0.717) is 0 Å². The van der Waals surface area contributed by atoms with Crippen LogP contribution < -0.4 is 5.14 Å². The summed E-state index contributed by atoms with van der Waals surface area (Å²) in [5.41, 5.74) is 0.579. The van der Waals surface area contributed by atoms with E-state index in [9.17, 15) is 13.2 Å². The van der Waals surface area contributed by atoms with Gasteiger partial charge < -0.3 is 4.74 Å². The highest BCUT2D eigenvalue weighted by Gasteiger charge is 2.13. The molecule has 0 aliphatic heterocycles. The van der Waals surface area contributed by atoms with E-state index >= 15 is 0 Å². The van der Waals surface area contributed by atoms with Crippen LogP contribution in [0.4, 0.5) is 0 Å². The number of unbranched alkanes of at least 4 members (excludes halogenated alkanes) is 7. The van der Waals surface area contributed by atoms with Crippen molar-refractivity contribution in [3.8, 4) is 0 Å². The highest BCUT2D eigenvalue weighted by Crippen LogP contribution is 2.14. The number of hydrogen-bond donors (Lipinski definition) is 1. The second kappa shape index (κ2) is 12.0. The van der Waals surface area contributed by atoms with E-state index in [-0.39, 0.29) is 10.9 Å². The number of nitrogens with two attached hydrogens (primary N) is 1. The molecule has 158 valence electrons. The lowest BCUT2D eigenvalue weighted by atomic mass is 10.0. The third kappa shape index (κ3) is 11.9. The number of carbonyl (C=O) groups excluding carboxylic acids is 1. The quantitative estimate of drug-likeness (QED) is 0.302. The van der Waals surface area contributed by atoms with Crippen molar-refractivity contribution in [3.63, 3.8) is 0 Å². The molecule has 0 radical (unpaired) electrons. The fraction of sp³-hybridized carbons (Fsp3) is 0.591. The Hall–Kier alpha value is -1.66. The predicted molar refractivity (Wildman–Crippen MR) is 113 cm³/mol. The Morgan fingerprint density at radius 3 is 2.25 bits per heavy atom. The minimum Gasteiger partial charge on any atom is -0.457 e. The van der Waals surface area contributed by atoms with Crippen molar-refractivity contribution in [1.29, 1.82) is 0 Å². The molecule has 28 heavy (non-hydrogen) atoms. The fourth-order valence-corrected chi connectivity index (χ4v) is 3.45. The number of carbonyl (C=O) groups is 1. The van der Waals surface area contributed by atoms with Gasteiger partial charge in [-0.25, -0.2) is 18.4 Å². The Morgan fingerprint density at radius 1 is 1.04 bits per heavy atom. The van der Waals surface area contributed by atoms with Crippen LogP contribution >= 0.6 is 0 Å². The molecule has 0 spiro atoms. The summed E-state index contributed by atoms with van der Waals surface area (Å²) < 4.78 is 27.9. The molecular formula is C22H35NO4S. The van der Waals surface area contributed by atoms with Crippen LogP contribution in [-0.4, -0.2) is 20.0 Å². The van der Waals surface area contributed by atoms with Crippen LogP contribution in [0.1, 0.15) is 77.7 Å². The van der Waals surface area contributed by atoms with Crippen LogP contribution in [0.3, 0.4) is 0 Å². The van der Waals surface area contributed by atoms with Crippen molar-refractivity contribution >= 4 is 16.0 Å². The van der Waals surface area contributed by atoms with Crippen LogP contribution in [0.25, 0.3) is 0 Å². The van der Waals surface area contributed by atoms with Crippen LogP contribution in [0, 0.1) is 0 Å². The Labute approximate surface area is 170 Å². The first kappa shape index (κ1) is 24.4. The topological polar surface area (TPSA) is 86.5 Å². The van der Waals surface area contributed by atoms with Crippen molar-refractivity contribution < 1.29 is 17.9 Å². The maximum Gasteiger partial charge on any atom is 0.330 e. The standard InChI is InChI=1S/C22H35NO4S/c1-22(2,3)27-21(24)17-12-10-8-6-4-5-7-9-11-14-19-15-13-16-20(18-19)28(23,25)26/h12-13,15-18H,4-11,14H2,1-3H3,(H2,23,25,26). The van der Waals surface area contributed by atoms with Crippen LogP contribution in [-0.2, 0) is 26.0 Å². The SMILES string of the molecule is CC(C)(C)OC(=O)C=CCCCCCCCCCc1cccc(S(N)(=O)=O)c1. The van der Waals surface area contributed by atoms with Gasteiger partial charge in [-0.3, -0.25) is 0 Å². The molecule has 1 rings (SSSR count). The summed E-state index contributed by atoms with van der Waals surface area (Å²) in [6.07, 6.45) is 13.2. The number of hydrogen-bond acceptors (Lipinski definition) is 4. The average Bonchev–Trinajstić information content (AvgIpc) is 2.57. The fourth-order valence-electron chi connectivity index (χ4n) is 2.87. The Morgan fingerprint density at radius 2 is 1.64 bits per heavy atom. The Kier molecular flexibility index (Phi) is 10.5. The number of esters is 1. The number of primary sulfonamides is 1. The molecule has 0 saturated carbocycles. The number of allylic oxidation sites excluding steroid dienone is 1. The molecular weight excluding hydrogens is 374 g/mol. The maximum atomic E-state index is 11.5. The van der Waals surface area contributed by atoms with Crippen molar-refractivity contribution in [2.24, 2.45) is 5.14 Å². The van der Waals surface area contributed by atoms with Gasteiger partial charge in [0.1, 0.15) is 5.60 Å². The third-order valence-electron chi connectivity index (χ3n) is 4.22. The lowest BCUT2D eigenvalue weighted by Gasteiger charge is -2.17. The number of aryl methyl sites for hydroxylation is 1. The summed E-state index contributed by atoms with van der Waals surface area (Å²) >= 11 is 0. The molecule has 5 nitrogen and oxygen atoms in total. The van der Waals surface area contributed by atoms with Crippen molar-refractivity contribution in [2.75, 3.05) is 0 Å². The molecule has 0 amide bonds. The molecule has 2 N–H and O–H groups in total. The van der Waals surface area contributed by atoms with Gasteiger partial charge in [-0.1, -0.05) is 50.3 Å². The summed E-state index contributed by atoms with van der Waals surface area (Å²) in [6, 6.07) is 6.88. The molecule has 0 heterocycles. The zero-order valence-electron chi connectivity index (χ0n) is 17.4. The molecule has 0 atom stereocenters. The van der Waals surface area contributed by atoms with Gasteiger partial charge in [-0.05, 0) is 64.2 Å². The summed E-state index contributed by atoms with van der Waals surface area (Å²) in [6.45, 7) is 5.58. The monoisotopic (exact) mass is 409 g/mol. The number of sulfonamides is 1. The normalized spacial score (nSPS) is 12.4. The molecule has 1 aromatic rings. The molecule has 0 aromatic heterocycles. The van der Waals surface area contributed by atoms with Crippen molar-refractivity contribution in [2.45, 2.75) is 89.1 Å². The van der Waals surface area contributed by atoms with E-state index in [1.807, 2.05) is 32.9 Å². The maximum absolute atomic E-state index is 11.5. The second-order valence-corrected chi connectivity index (χ2v) is 9.70. The summed E-state index contributed by atoms with van der Waals surface area (Å²) in [5.74, 6) is -0.276. The van der Waals surface area contributed by atoms with Gasteiger partial charge in [0.05, 0.1) is 4.90 Å². The van der Waals surface area contributed by atoms with Gasteiger partial charge in [0.2, 0.25) is 10.0 Å². The van der Waals surface area contributed by atoms with E-state index in [2.05, 4.69) is 0 Å². The van der Waals surface area contributed by atoms with Gasteiger partial charge in [0, 0.05) is 6.08 Å². The second-order valence-electron chi connectivity index (χ2n) is 8.14. The lowest BCUT2D eigenvalue weighted by molar-refractivity contribution is -0.148. The molecule has 0 fully saturated rings. The lowest BCUT2D eigenvalue weighted by Crippen LogP contribution is -2.22. The number of benzene rings is 1. The van der Waals surface area contributed by atoms with E-state index in [1.54, 1.807) is 12.1 Å². The van der Waals surface area contributed by atoms with Crippen LogP contribution in [0.5, 0.6) is 0 Å². The van der Waals surface area contributed by atoms with E-state index in [0.717, 1.165) is 44.1 Å². The first-order chi connectivity index (χ1) is 13.1. The highest BCUT2D eigenvalue weighted by molar-refractivity contribution is 7.89. The first-order valence-corrected chi connectivity index (χ1v) is 11.6. The highest BCUT2D eigenvalue weighted by atomic mass is 32.2. The van der Waals surface area contributed by atoms with Gasteiger partial charge in [0.25, 0.3) is 0 Å². The molecule has 0 bridgehead atoms. The summed E-state index contributed by atoms with van der Waals surface area (Å²) in [4.78, 5) is 11.7. The van der Waals surface area contributed by atoms with E-state index < -0.39 is 15.6 Å². The third-order valence-corrected chi connectivity index (χ3v) is 5.13. The number of ether oxygens (including phenoxy) is 1. The predicted octanol–water partition coefficient (Wildman–Crippen LogP) is 4.90. The molecule has 0 unspecified atom stereocenters. The first-order valence-electron chi connectivity index (χ1n) is 10.1. The van der Waals surface area contributed by atoms with Gasteiger partial charge >= 0.3 is 5.97 Å².